The van der Waals surface area contributed by atoms with E-state index in [0.29, 0.717) is 34.3 Å². The van der Waals surface area contributed by atoms with Crippen LogP contribution in [0, 0.1) is 0 Å². The first-order chi connectivity index (χ1) is 13.4. The minimum atomic E-state index is -4.18. The zero-order chi connectivity index (χ0) is 19.9. The van der Waals surface area contributed by atoms with Gasteiger partial charge >= 0.3 is 10.1 Å². The summed E-state index contributed by atoms with van der Waals surface area (Å²) in [5.74, 6) is -0.501. The molecule has 1 aliphatic heterocycles. The summed E-state index contributed by atoms with van der Waals surface area (Å²) < 4.78 is 31.7. The van der Waals surface area contributed by atoms with Crippen LogP contribution < -0.4 is 15.2 Å². The van der Waals surface area contributed by atoms with Crippen LogP contribution in [-0.4, -0.2) is 20.9 Å². The van der Waals surface area contributed by atoms with Crippen LogP contribution in [0.4, 0.5) is 0 Å². The molecular formula is C20H17ClN2O4S. The Bertz CT molecular complexity index is 1190. The molecule has 0 spiro atoms. The van der Waals surface area contributed by atoms with Crippen molar-refractivity contribution in [2.45, 2.75) is 17.4 Å². The van der Waals surface area contributed by atoms with Crippen molar-refractivity contribution in [3.8, 4) is 5.75 Å². The van der Waals surface area contributed by atoms with E-state index in [9.17, 15) is 13.2 Å². The molecule has 3 aromatic carbocycles. The Hall–Kier alpha value is -2.61. The minimum Gasteiger partial charge on any atom is -0.379 e. The van der Waals surface area contributed by atoms with Crippen LogP contribution in [0.15, 0.2) is 59.5 Å². The second kappa shape index (κ2) is 7.09. The SMILES string of the molecule is NC(=O)C1NCCc2cccc(OS(=O)(=O)c3ccc(Cl)c4ccccc34)c21. The number of rotatable bonds is 4. The van der Waals surface area contributed by atoms with Gasteiger partial charge in [0.05, 0.1) is 0 Å². The van der Waals surface area contributed by atoms with E-state index in [1.165, 1.54) is 18.2 Å². The van der Waals surface area contributed by atoms with Gasteiger partial charge in [0, 0.05) is 27.9 Å². The van der Waals surface area contributed by atoms with Crippen molar-refractivity contribution in [1.82, 2.24) is 5.32 Å². The maximum atomic E-state index is 13.1. The van der Waals surface area contributed by atoms with E-state index in [-0.39, 0.29) is 10.6 Å². The van der Waals surface area contributed by atoms with Crippen LogP contribution in [0.3, 0.4) is 0 Å². The fourth-order valence-corrected chi connectivity index (χ4v) is 4.90. The van der Waals surface area contributed by atoms with Gasteiger partial charge in [-0.1, -0.05) is 48.0 Å². The number of primary amides is 1. The molecule has 1 heterocycles. The van der Waals surface area contributed by atoms with Gasteiger partial charge < -0.3 is 15.2 Å². The highest BCUT2D eigenvalue weighted by molar-refractivity contribution is 7.87. The van der Waals surface area contributed by atoms with Gasteiger partial charge in [0.15, 0.2) is 0 Å². The maximum Gasteiger partial charge on any atom is 0.339 e. The number of halogens is 1. The van der Waals surface area contributed by atoms with Crippen molar-refractivity contribution in [2.24, 2.45) is 5.73 Å². The molecule has 1 unspecified atom stereocenters. The Labute approximate surface area is 167 Å². The molecule has 0 fully saturated rings. The van der Waals surface area contributed by atoms with E-state index in [1.807, 2.05) is 6.07 Å². The molecule has 0 aliphatic carbocycles. The van der Waals surface area contributed by atoms with Crippen LogP contribution >= 0.6 is 11.6 Å². The molecule has 1 atom stereocenters. The number of carbonyl (C=O) groups is 1. The molecule has 28 heavy (non-hydrogen) atoms. The maximum absolute atomic E-state index is 13.1. The lowest BCUT2D eigenvalue weighted by molar-refractivity contribution is -0.120. The number of nitrogens with two attached hydrogens (primary N) is 1. The van der Waals surface area contributed by atoms with E-state index in [0.717, 1.165) is 5.56 Å². The standard InChI is InChI=1S/C20H17ClN2O4S/c21-15-8-9-17(14-6-2-1-5-13(14)15)28(25,26)27-16-7-3-4-12-10-11-23-19(18(12)16)20(22)24/h1-9,19,23H,10-11H2,(H2,22,24). The van der Waals surface area contributed by atoms with E-state index < -0.39 is 22.1 Å². The predicted molar refractivity (Wildman–Crippen MR) is 107 cm³/mol. The monoisotopic (exact) mass is 416 g/mol. The van der Waals surface area contributed by atoms with Gasteiger partial charge in [0.2, 0.25) is 5.91 Å². The Morgan fingerprint density at radius 2 is 1.82 bits per heavy atom. The van der Waals surface area contributed by atoms with Crippen molar-refractivity contribution in [1.29, 1.82) is 0 Å². The van der Waals surface area contributed by atoms with Crippen LogP contribution in [-0.2, 0) is 21.3 Å². The number of carbonyl (C=O) groups excluding carboxylic acids is 1. The summed E-state index contributed by atoms with van der Waals surface area (Å²) in [4.78, 5) is 11.9. The van der Waals surface area contributed by atoms with Crippen LogP contribution in [0.2, 0.25) is 5.02 Å². The van der Waals surface area contributed by atoms with Gasteiger partial charge in [-0.15, -0.1) is 0 Å². The number of fused-ring (bicyclic) bond motifs is 2. The van der Waals surface area contributed by atoms with Crippen LogP contribution in [0.5, 0.6) is 5.75 Å². The smallest absolute Gasteiger partial charge is 0.339 e. The first-order valence-corrected chi connectivity index (χ1v) is 10.4. The molecule has 0 saturated carbocycles. The van der Waals surface area contributed by atoms with Crippen molar-refractivity contribution in [3.05, 3.63) is 70.7 Å². The number of nitrogens with one attached hydrogen (secondary N) is 1. The molecule has 0 saturated heterocycles. The lowest BCUT2D eigenvalue weighted by atomic mass is 9.93. The Balaban J connectivity index is 1.83. The normalized spacial score (nSPS) is 16.5. The average molecular weight is 417 g/mol. The Morgan fingerprint density at radius 1 is 1.07 bits per heavy atom. The van der Waals surface area contributed by atoms with E-state index in [1.54, 1.807) is 30.3 Å². The second-order valence-electron chi connectivity index (χ2n) is 6.50. The topological polar surface area (TPSA) is 98.5 Å². The molecule has 0 aromatic heterocycles. The van der Waals surface area contributed by atoms with E-state index in [4.69, 9.17) is 21.5 Å². The molecule has 0 radical (unpaired) electrons. The summed E-state index contributed by atoms with van der Waals surface area (Å²) in [7, 11) is -4.18. The molecule has 3 aromatic rings. The van der Waals surface area contributed by atoms with Gasteiger partial charge in [-0.2, -0.15) is 8.42 Å². The summed E-state index contributed by atoms with van der Waals surface area (Å²) in [6.45, 7) is 0.568. The van der Waals surface area contributed by atoms with Crippen molar-refractivity contribution >= 4 is 38.4 Å². The van der Waals surface area contributed by atoms with Crippen molar-refractivity contribution in [2.75, 3.05) is 6.54 Å². The minimum absolute atomic E-state index is 0.00416. The van der Waals surface area contributed by atoms with Crippen molar-refractivity contribution < 1.29 is 17.4 Å². The predicted octanol–water partition coefficient (Wildman–Crippen LogP) is 2.93. The fourth-order valence-electron chi connectivity index (χ4n) is 3.52. The summed E-state index contributed by atoms with van der Waals surface area (Å²) in [6, 6.07) is 14.1. The molecular weight excluding hydrogens is 400 g/mol. The van der Waals surface area contributed by atoms with Crippen molar-refractivity contribution in [3.63, 3.8) is 0 Å². The van der Waals surface area contributed by atoms with Gasteiger partial charge in [0.25, 0.3) is 0 Å². The number of amides is 1. The molecule has 1 aliphatic rings. The second-order valence-corrected chi connectivity index (χ2v) is 8.42. The summed E-state index contributed by atoms with van der Waals surface area (Å²) >= 11 is 6.19. The quantitative estimate of drug-likeness (QED) is 0.637. The Kier molecular flexibility index (Phi) is 4.74. The Morgan fingerprint density at radius 3 is 2.57 bits per heavy atom. The first-order valence-electron chi connectivity index (χ1n) is 8.65. The van der Waals surface area contributed by atoms with Gasteiger partial charge in [0.1, 0.15) is 16.7 Å². The molecule has 144 valence electrons. The first kappa shape index (κ1) is 18.7. The summed E-state index contributed by atoms with van der Waals surface area (Å²) in [6.07, 6.45) is 0.639. The molecule has 0 bridgehead atoms. The zero-order valence-corrected chi connectivity index (χ0v) is 16.3. The third kappa shape index (κ3) is 3.22. The molecule has 1 amide bonds. The summed E-state index contributed by atoms with van der Waals surface area (Å²) in [5, 5.41) is 4.53. The van der Waals surface area contributed by atoms with Gasteiger partial charge in [-0.05, 0) is 30.2 Å². The van der Waals surface area contributed by atoms with E-state index >= 15 is 0 Å². The largest absolute Gasteiger partial charge is 0.379 e. The van der Waals surface area contributed by atoms with Crippen LogP contribution in [0.25, 0.3) is 10.8 Å². The highest BCUT2D eigenvalue weighted by Crippen LogP contribution is 2.35. The zero-order valence-electron chi connectivity index (χ0n) is 14.7. The van der Waals surface area contributed by atoms with Gasteiger partial charge in [-0.3, -0.25) is 4.79 Å². The van der Waals surface area contributed by atoms with E-state index in [2.05, 4.69) is 5.32 Å². The highest BCUT2D eigenvalue weighted by Gasteiger charge is 2.30. The average Bonchev–Trinajstić information content (AvgIpc) is 2.67. The lowest BCUT2D eigenvalue weighted by Crippen LogP contribution is -2.39. The number of hydrogen-bond acceptors (Lipinski definition) is 5. The molecule has 6 nitrogen and oxygen atoms in total. The third-order valence-electron chi connectivity index (χ3n) is 4.77. The number of benzene rings is 3. The fraction of sp³-hybridized carbons (Fsp3) is 0.150. The number of hydrogen-bond donors (Lipinski definition) is 2. The highest BCUT2D eigenvalue weighted by atomic mass is 35.5. The van der Waals surface area contributed by atoms with Crippen LogP contribution in [0.1, 0.15) is 17.2 Å². The molecule has 8 heteroatoms. The summed E-state index contributed by atoms with van der Waals surface area (Å²) in [5.41, 5.74) is 6.79. The van der Waals surface area contributed by atoms with Gasteiger partial charge in [-0.25, -0.2) is 0 Å². The lowest BCUT2D eigenvalue weighted by Gasteiger charge is -2.26. The molecule has 3 N–H and O–H groups in total. The molecule has 4 rings (SSSR count). The third-order valence-corrected chi connectivity index (χ3v) is 6.40.